The summed E-state index contributed by atoms with van der Waals surface area (Å²) in [5.74, 6) is -2.73. The highest BCUT2D eigenvalue weighted by atomic mass is 19.1. The van der Waals surface area contributed by atoms with Crippen LogP contribution < -0.4 is 0 Å². The van der Waals surface area contributed by atoms with E-state index in [0.717, 1.165) is 12.8 Å². The fourth-order valence-electron chi connectivity index (χ4n) is 3.10. The van der Waals surface area contributed by atoms with E-state index in [9.17, 15) is 8.78 Å². The second kappa shape index (κ2) is 5.45. The Bertz CT molecular complexity index is 649. The molecule has 1 N–H and O–H groups in total. The third kappa shape index (κ3) is 2.63. The number of fused-ring (bicyclic) bond motifs is 1. The zero-order valence-corrected chi connectivity index (χ0v) is 11.8. The van der Waals surface area contributed by atoms with Gasteiger partial charge in [0, 0.05) is 12.6 Å². The van der Waals surface area contributed by atoms with Gasteiger partial charge >= 0.3 is 0 Å². The second-order valence-electron chi connectivity index (χ2n) is 5.58. The largest absolute Gasteiger partial charge is 0.503 e. The lowest BCUT2D eigenvalue weighted by molar-refractivity contribution is 0.235. The van der Waals surface area contributed by atoms with E-state index in [4.69, 9.17) is 5.11 Å². The molecule has 110 valence electrons. The monoisotopic (exact) mass is 289 g/mol. The van der Waals surface area contributed by atoms with Crippen LogP contribution in [0.5, 0.6) is 5.75 Å². The lowest BCUT2D eigenvalue weighted by atomic mass is 10.1. The van der Waals surface area contributed by atoms with E-state index < -0.39 is 17.4 Å². The standard InChI is InChI=1S/C17H17F2NO/c1-20(10-11-8-14(18)17(21)15(19)9-11)16-7-6-12-4-2-3-5-13(12)16/h2-5,8-9,16,21H,6-7,10H2,1H3. The minimum absolute atomic E-state index is 0.265. The number of phenolic OH excluding ortho intramolecular Hbond substituents is 1. The van der Waals surface area contributed by atoms with Gasteiger partial charge in [-0.2, -0.15) is 0 Å². The molecule has 21 heavy (non-hydrogen) atoms. The number of aromatic hydroxyl groups is 1. The number of hydrogen-bond donors (Lipinski definition) is 1. The summed E-state index contributed by atoms with van der Waals surface area (Å²) in [6.07, 6.45) is 2.04. The first-order chi connectivity index (χ1) is 10.1. The first kappa shape index (κ1) is 14.0. The van der Waals surface area contributed by atoms with Gasteiger partial charge in [-0.3, -0.25) is 4.90 Å². The summed E-state index contributed by atoms with van der Waals surface area (Å²) < 4.78 is 26.8. The van der Waals surface area contributed by atoms with E-state index in [0.29, 0.717) is 12.1 Å². The maximum absolute atomic E-state index is 13.4. The van der Waals surface area contributed by atoms with Crippen molar-refractivity contribution in [2.45, 2.75) is 25.4 Å². The van der Waals surface area contributed by atoms with Gasteiger partial charge in [0.15, 0.2) is 17.4 Å². The maximum Gasteiger partial charge on any atom is 0.187 e. The molecule has 1 atom stereocenters. The zero-order chi connectivity index (χ0) is 15.0. The maximum atomic E-state index is 13.4. The lowest BCUT2D eigenvalue weighted by Crippen LogP contribution is -2.22. The summed E-state index contributed by atoms with van der Waals surface area (Å²) in [5.41, 5.74) is 3.16. The Morgan fingerprint density at radius 3 is 2.57 bits per heavy atom. The SMILES string of the molecule is CN(Cc1cc(F)c(O)c(F)c1)C1CCc2ccccc21. The molecule has 0 amide bonds. The van der Waals surface area contributed by atoms with Crippen LogP contribution in [0.1, 0.15) is 29.2 Å². The van der Waals surface area contributed by atoms with Crippen LogP contribution in [0.2, 0.25) is 0 Å². The summed E-state index contributed by atoms with van der Waals surface area (Å²) in [4.78, 5) is 2.09. The molecule has 3 rings (SSSR count). The average molecular weight is 289 g/mol. The third-order valence-corrected chi connectivity index (χ3v) is 4.14. The molecule has 0 fully saturated rings. The summed E-state index contributed by atoms with van der Waals surface area (Å²) in [6.45, 7) is 0.438. The molecule has 0 aliphatic heterocycles. The smallest absolute Gasteiger partial charge is 0.187 e. The molecule has 0 heterocycles. The Labute approximate surface area is 122 Å². The Balaban J connectivity index is 1.80. The fraction of sp³-hybridized carbons (Fsp3) is 0.294. The van der Waals surface area contributed by atoms with Gasteiger partial charge < -0.3 is 5.11 Å². The predicted octanol–water partition coefficient (Wildman–Crippen LogP) is 3.79. The number of nitrogens with zero attached hydrogens (tertiary/aromatic N) is 1. The van der Waals surface area contributed by atoms with E-state index >= 15 is 0 Å². The molecular weight excluding hydrogens is 272 g/mol. The third-order valence-electron chi connectivity index (χ3n) is 4.14. The fourth-order valence-corrected chi connectivity index (χ4v) is 3.10. The normalized spacial score (nSPS) is 17.2. The number of phenols is 1. The molecule has 2 nitrogen and oxygen atoms in total. The van der Waals surface area contributed by atoms with Gasteiger partial charge in [-0.1, -0.05) is 24.3 Å². The van der Waals surface area contributed by atoms with Crippen molar-refractivity contribution in [3.05, 3.63) is 64.7 Å². The first-order valence-electron chi connectivity index (χ1n) is 7.01. The highest BCUT2D eigenvalue weighted by Crippen LogP contribution is 2.35. The molecule has 0 saturated heterocycles. The topological polar surface area (TPSA) is 23.5 Å². The Kier molecular flexibility index (Phi) is 3.64. The number of halogens is 2. The molecule has 1 aliphatic carbocycles. The van der Waals surface area contributed by atoms with E-state index in [-0.39, 0.29) is 6.04 Å². The van der Waals surface area contributed by atoms with Gasteiger partial charge in [0.05, 0.1) is 0 Å². The molecule has 1 unspecified atom stereocenters. The minimum atomic E-state index is -0.912. The average Bonchev–Trinajstić information content (AvgIpc) is 2.88. The van der Waals surface area contributed by atoms with Gasteiger partial charge in [0.25, 0.3) is 0 Å². The molecule has 0 radical (unpaired) electrons. The summed E-state index contributed by atoms with van der Waals surface area (Å²) in [6, 6.07) is 10.9. The van der Waals surface area contributed by atoms with Gasteiger partial charge in [-0.05, 0) is 48.7 Å². The number of benzene rings is 2. The van der Waals surface area contributed by atoms with E-state index in [2.05, 4.69) is 17.0 Å². The van der Waals surface area contributed by atoms with Crippen molar-refractivity contribution in [3.8, 4) is 5.75 Å². The number of hydrogen-bond acceptors (Lipinski definition) is 2. The van der Waals surface area contributed by atoms with E-state index in [1.54, 1.807) is 0 Å². The summed E-state index contributed by atoms with van der Waals surface area (Å²) in [7, 11) is 1.95. The van der Waals surface area contributed by atoms with Crippen LogP contribution in [0.15, 0.2) is 36.4 Å². The highest BCUT2D eigenvalue weighted by molar-refractivity contribution is 5.35. The molecule has 0 spiro atoms. The minimum Gasteiger partial charge on any atom is -0.503 e. The zero-order valence-electron chi connectivity index (χ0n) is 11.8. The predicted molar refractivity (Wildman–Crippen MR) is 77.0 cm³/mol. The van der Waals surface area contributed by atoms with Crippen molar-refractivity contribution < 1.29 is 13.9 Å². The van der Waals surface area contributed by atoms with Gasteiger partial charge in [-0.25, -0.2) is 8.78 Å². The van der Waals surface area contributed by atoms with Crippen molar-refractivity contribution in [2.75, 3.05) is 7.05 Å². The van der Waals surface area contributed by atoms with Crippen molar-refractivity contribution in [1.82, 2.24) is 4.90 Å². The van der Waals surface area contributed by atoms with Crippen molar-refractivity contribution in [3.63, 3.8) is 0 Å². The van der Waals surface area contributed by atoms with Crippen LogP contribution in [0.4, 0.5) is 8.78 Å². The van der Waals surface area contributed by atoms with Crippen molar-refractivity contribution in [1.29, 1.82) is 0 Å². The second-order valence-corrected chi connectivity index (χ2v) is 5.58. The van der Waals surface area contributed by atoms with Crippen molar-refractivity contribution >= 4 is 0 Å². The van der Waals surface area contributed by atoms with E-state index in [1.165, 1.54) is 23.3 Å². The van der Waals surface area contributed by atoms with Crippen LogP contribution in [0.3, 0.4) is 0 Å². The van der Waals surface area contributed by atoms with E-state index in [1.807, 2.05) is 19.2 Å². The quantitative estimate of drug-likeness (QED) is 0.929. The van der Waals surface area contributed by atoms with Crippen LogP contribution >= 0.6 is 0 Å². The van der Waals surface area contributed by atoms with Gasteiger partial charge in [-0.15, -0.1) is 0 Å². The van der Waals surface area contributed by atoms with Crippen LogP contribution in [0, 0.1) is 11.6 Å². The summed E-state index contributed by atoms with van der Waals surface area (Å²) in [5, 5.41) is 9.14. The van der Waals surface area contributed by atoms with Crippen LogP contribution in [-0.2, 0) is 13.0 Å². The van der Waals surface area contributed by atoms with Gasteiger partial charge in [0.1, 0.15) is 0 Å². The summed E-state index contributed by atoms with van der Waals surface area (Å²) >= 11 is 0. The Hall–Kier alpha value is -1.94. The molecule has 2 aromatic carbocycles. The molecule has 0 saturated carbocycles. The lowest BCUT2D eigenvalue weighted by Gasteiger charge is -2.25. The molecular formula is C17H17F2NO. The van der Waals surface area contributed by atoms with Crippen LogP contribution in [0.25, 0.3) is 0 Å². The molecule has 1 aliphatic rings. The highest BCUT2D eigenvalue weighted by Gasteiger charge is 2.25. The van der Waals surface area contributed by atoms with Crippen LogP contribution in [-0.4, -0.2) is 17.1 Å². The number of rotatable bonds is 3. The molecule has 4 heteroatoms. The molecule has 0 aromatic heterocycles. The molecule has 0 bridgehead atoms. The first-order valence-corrected chi connectivity index (χ1v) is 7.01. The number of aryl methyl sites for hydroxylation is 1. The Morgan fingerprint density at radius 2 is 1.86 bits per heavy atom. The molecule has 2 aromatic rings. The Morgan fingerprint density at radius 1 is 1.19 bits per heavy atom. The van der Waals surface area contributed by atoms with Crippen molar-refractivity contribution in [2.24, 2.45) is 0 Å². The van der Waals surface area contributed by atoms with Gasteiger partial charge in [0.2, 0.25) is 0 Å².